The molecule has 0 unspecified atom stereocenters. The van der Waals surface area contributed by atoms with E-state index in [1.165, 1.54) is 31.3 Å². The second-order valence-corrected chi connectivity index (χ2v) is 5.84. The van der Waals surface area contributed by atoms with Crippen LogP contribution in [0.15, 0.2) is 58.1 Å². The summed E-state index contributed by atoms with van der Waals surface area (Å²) in [5.74, 6) is -0.822. The van der Waals surface area contributed by atoms with Gasteiger partial charge in [-0.25, -0.2) is 4.79 Å². The number of carbonyl (C=O) groups is 1. The van der Waals surface area contributed by atoms with Crippen molar-refractivity contribution in [1.82, 2.24) is 9.13 Å². The molecule has 0 bridgehead atoms. The third-order valence-electron chi connectivity index (χ3n) is 4.06. The minimum Gasteiger partial charge on any atom is -0.324 e. The van der Waals surface area contributed by atoms with E-state index in [2.05, 4.69) is 5.32 Å². The molecule has 6 nitrogen and oxygen atoms in total. The van der Waals surface area contributed by atoms with Crippen molar-refractivity contribution < 1.29 is 18.0 Å². The molecule has 0 aliphatic heterocycles. The molecule has 1 amide bonds. The van der Waals surface area contributed by atoms with Crippen LogP contribution in [0, 0.1) is 0 Å². The molecule has 2 aromatic carbocycles. The maximum absolute atomic E-state index is 13.1. The summed E-state index contributed by atoms with van der Waals surface area (Å²) >= 11 is 0. The smallest absolute Gasteiger partial charge is 0.324 e. The number of fused-ring (bicyclic) bond motifs is 1. The van der Waals surface area contributed by atoms with E-state index in [9.17, 15) is 27.6 Å². The normalized spacial score (nSPS) is 11.6. The molecular formula is C18H14F3N3O3. The van der Waals surface area contributed by atoms with Gasteiger partial charge in [-0.2, -0.15) is 13.2 Å². The molecule has 140 valence electrons. The molecule has 3 rings (SSSR count). The van der Waals surface area contributed by atoms with Crippen molar-refractivity contribution in [3.05, 3.63) is 74.9 Å². The highest BCUT2D eigenvalue weighted by Gasteiger charge is 2.33. The van der Waals surface area contributed by atoms with Crippen LogP contribution in [0.1, 0.15) is 5.56 Å². The van der Waals surface area contributed by atoms with E-state index in [-0.39, 0.29) is 10.9 Å². The quantitative estimate of drug-likeness (QED) is 0.762. The van der Waals surface area contributed by atoms with Crippen molar-refractivity contribution in [2.75, 3.05) is 5.32 Å². The number of nitrogens with one attached hydrogen (secondary N) is 1. The number of carbonyl (C=O) groups excluding carboxylic acids is 1. The van der Waals surface area contributed by atoms with Gasteiger partial charge >= 0.3 is 11.9 Å². The molecule has 0 saturated carbocycles. The van der Waals surface area contributed by atoms with Crippen LogP contribution in [0.2, 0.25) is 0 Å². The topological polar surface area (TPSA) is 73.1 Å². The minimum absolute atomic E-state index is 0.225. The van der Waals surface area contributed by atoms with E-state index in [0.29, 0.717) is 0 Å². The minimum atomic E-state index is -4.63. The second kappa shape index (κ2) is 6.75. The van der Waals surface area contributed by atoms with Gasteiger partial charge in [-0.05, 0) is 24.3 Å². The van der Waals surface area contributed by atoms with Crippen molar-refractivity contribution in [2.24, 2.45) is 7.05 Å². The summed E-state index contributed by atoms with van der Waals surface area (Å²) in [6.07, 6.45) is -4.63. The van der Waals surface area contributed by atoms with E-state index in [4.69, 9.17) is 0 Å². The van der Waals surface area contributed by atoms with Crippen molar-refractivity contribution in [1.29, 1.82) is 0 Å². The summed E-state index contributed by atoms with van der Waals surface area (Å²) in [6.45, 7) is -0.542. The molecule has 1 aromatic heterocycles. The van der Waals surface area contributed by atoms with E-state index >= 15 is 0 Å². The first-order valence-electron chi connectivity index (χ1n) is 7.85. The first-order valence-corrected chi connectivity index (χ1v) is 7.85. The molecule has 3 aromatic rings. The molecule has 0 aliphatic rings. The highest BCUT2D eigenvalue weighted by atomic mass is 19.4. The Morgan fingerprint density at radius 1 is 1.04 bits per heavy atom. The van der Waals surface area contributed by atoms with Crippen LogP contribution in [-0.4, -0.2) is 15.0 Å². The fourth-order valence-corrected chi connectivity index (χ4v) is 2.77. The van der Waals surface area contributed by atoms with Gasteiger partial charge in [0.1, 0.15) is 6.54 Å². The Hall–Kier alpha value is -3.36. The number of amides is 1. The zero-order valence-corrected chi connectivity index (χ0v) is 14.1. The summed E-state index contributed by atoms with van der Waals surface area (Å²) < 4.78 is 41.0. The van der Waals surface area contributed by atoms with Gasteiger partial charge in [-0.15, -0.1) is 0 Å². The Morgan fingerprint density at radius 3 is 2.37 bits per heavy atom. The number of anilines is 1. The standard InChI is InChI=1S/C18H14F3N3O3/c1-23-16(26)11-6-2-5-9-14(11)24(17(23)27)10-15(25)22-13-8-4-3-7-12(13)18(19,20)21/h2-9H,10H2,1H3,(H,22,25). The van der Waals surface area contributed by atoms with Crippen LogP contribution >= 0.6 is 0 Å². The lowest BCUT2D eigenvalue weighted by molar-refractivity contribution is -0.137. The van der Waals surface area contributed by atoms with Gasteiger partial charge in [0.05, 0.1) is 22.2 Å². The van der Waals surface area contributed by atoms with Gasteiger partial charge in [0.2, 0.25) is 5.91 Å². The van der Waals surface area contributed by atoms with Crippen LogP contribution in [0.3, 0.4) is 0 Å². The fraction of sp³-hybridized carbons (Fsp3) is 0.167. The van der Waals surface area contributed by atoms with Gasteiger partial charge in [0, 0.05) is 7.05 Å². The lowest BCUT2D eigenvalue weighted by Gasteiger charge is -2.15. The molecule has 0 saturated heterocycles. The lowest BCUT2D eigenvalue weighted by atomic mass is 10.1. The van der Waals surface area contributed by atoms with Crippen LogP contribution in [0.5, 0.6) is 0 Å². The van der Waals surface area contributed by atoms with Gasteiger partial charge in [-0.3, -0.25) is 18.7 Å². The molecule has 0 aliphatic carbocycles. The molecule has 0 atom stereocenters. The zero-order valence-electron chi connectivity index (χ0n) is 14.1. The monoisotopic (exact) mass is 377 g/mol. The van der Waals surface area contributed by atoms with Crippen LogP contribution in [-0.2, 0) is 24.6 Å². The predicted molar refractivity (Wildman–Crippen MR) is 93.5 cm³/mol. The van der Waals surface area contributed by atoms with Gasteiger partial charge in [-0.1, -0.05) is 24.3 Å². The van der Waals surface area contributed by atoms with E-state index in [1.807, 2.05) is 0 Å². The summed E-state index contributed by atoms with van der Waals surface area (Å²) in [6, 6.07) is 10.8. The van der Waals surface area contributed by atoms with Gasteiger partial charge < -0.3 is 5.32 Å². The fourth-order valence-electron chi connectivity index (χ4n) is 2.77. The lowest BCUT2D eigenvalue weighted by Crippen LogP contribution is -2.40. The highest BCUT2D eigenvalue weighted by Crippen LogP contribution is 2.34. The summed E-state index contributed by atoms with van der Waals surface area (Å²) in [4.78, 5) is 36.9. The highest BCUT2D eigenvalue weighted by molar-refractivity contribution is 5.92. The van der Waals surface area contributed by atoms with Gasteiger partial charge in [0.15, 0.2) is 0 Å². The number of hydrogen-bond acceptors (Lipinski definition) is 3. The molecule has 0 radical (unpaired) electrons. The Labute approximate surface area is 150 Å². The molecule has 27 heavy (non-hydrogen) atoms. The van der Waals surface area contributed by atoms with Crippen molar-refractivity contribution in [3.8, 4) is 0 Å². The Morgan fingerprint density at radius 2 is 1.67 bits per heavy atom. The third kappa shape index (κ3) is 3.48. The SMILES string of the molecule is Cn1c(=O)c2ccccc2n(CC(=O)Nc2ccccc2C(F)(F)F)c1=O. The molecule has 1 heterocycles. The van der Waals surface area contributed by atoms with Crippen molar-refractivity contribution >= 4 is 22.5 Å². The van der Waals surface area contributed by atoms with Crippen molar-refractivity contribution in [2.45, 2.75) is 12.7 Å². The molecule has 9 heteroatoms. The summed E-state index contributed by atoms with van der Waals surface area (Å²) in [7, 11) is 1.27. The maximum Gasteiger partial charge on any atom is 0.418 e. The number of alkyl halides is 3. The van der Waals surface area contributed by atoms with Crippen LogP contribution in [0.4, 0.5) is 18.9 Å². The first-order chi connectivity index (χ1) is 12.7. The number of rotatable bonds is 3. The summed E-state index contributed by atoms with van der Waals surface area (Å²) in [5, 5.41) is 2.41. The second-order valence-electron chi connectivity index (χ2n) is 5.84. The molecule has 0 fully saturated rings. The molecular weight excluding hydrogens is 363 g/mol. The number of aromatic nitrogens is 2. The Balaban J connectivity index is 2.00. The first kappa shape index (κ1) is 18.4. The third-order valence-corrected chi connectivity index (χ3v) is 4.06. The number of para-hydroxylation sites is 2. The zero-order chi connectivity index (χ0) is 19.8. The Bertz CT molecular complexity index is 1150. The number of benzene rings is 2. The molecule has 1 N–H and O–H groups in total. The molecule has 0 spiro atoms. The van der Waals surface area contributed by atoms with Crippen LogP contribution in [0.25, 0.3) is 10.9 Å². The Kier molecular flexibility index (Phi) is 4.61. The average Bonchev–Trinajstić information content (AvgIpc) is 2.63. The average molecular weight is 377 g/mol. The largest absolute Gasteiger partial charge is 0.418 e. The predicted octanol–water partition coefficient (Wildman–Crippen LogP) is 2.36. The van der Waals surface area contributed by atoms with E-state index in [0.717, 1.165) is 21.3 Å². The number of hydrogen-bond donors (Lipinski definition) is 1. The van der Waals surface area contributed by atoms with Gasteiger partial charge in [0.25, 0.3) is 5.56 Å². The number of nitrogens with zero attached hydrogens (tertiary/aromatic N) is 2. The maximum atomic E-state index is 13.1. The number of halogens is 3. The van der Waals surface area contributed by atoms with E-state index < -0.39 is 41.1 Å². The van der Waals surface area contributed by atoms with Crippen LogP contribution < -0.4 is 16.6 Å². The van der Waals surface area contributed by atoms with E-state index in [1.54, 1.807) is 12.1 Å². The van der Waals surface area contributed by atoms with Crippen molar-refractivity contribution in [3.63, 3.8) is 0 Å². The summed E-state index contributed by atoms with van der Waals surface area (Å²) in [5.41, 5.74) is -2.43.